The lowest BCUT2D eigenvalue weighted by molar-refractivity contribution is -0.126. The number of carbonyl (C=O) groups excluding carboxylic acids is 3. The topological polar surface area (TPSA) is 103 Å². The number of hydrogen-bond donors (Lipinski definition) is 4. The first-order chi connectivity index (χ1) is 15.0. The molecule has 1 aromatic rings. The molecule has 0 spiro atoms. The first-order valence-electron chi connectivity index (χ1n) is 11.6. The van der Waals surface area contributed by atoms with Crippen molar-refractivity contribution in [2.24, 2.45) is 5.92 Å². The van der Waals surface area contributed by atoms with E-state index in [0.29, 0.717) is 31.0 Å². The van der Waals surface area contributed by atoms with E-state index >= 15 is 0 Å². The number of unbranched alkanes of at least 4 members (excludes halogenated alkanes) is 1. The van der Waals surface area contributed by atoms with Gasteiger partial charge in [0.05, 0.1) is 5.92 Å². The van der Waals surface area contributed by atoms with E-state index in [0.717, 1.165) is 38.5 Å². The molecule has 1 aromatic carbocycles. The molecule has 1 aliphatic carbocycles. The Hall–Kier alpha value is -2.77. The van der Waals surface area contributed by atoms with E-state index in [2.05, 4.69) is 28.2 Å². The van der Waals surface area contributed by atoms with Crippen molar-refractivity contribution in [3.05, 3.63) is 24.3 Å². The molecule has 1 heterocycles. The van der Waals surface area contributed by atoms with Crippen LogP contribution < -0.4 is 21.3 Å². The van der Waals surface area contributed by atoms with Gasteiger partial charge in [0, 0.05) is 37.1 Å². The van der Waals surface area contributed by atoms with E-state index in [-0.39, 0.29) is 29.9 Å². The zero-order chi connectivity index (χ0) is 22.1. The molecule has 3 rings (SSSR count). The molecule has 1 saturated heterocycles. The lowest BCUT2D eigenvalue weighted by Crippen LogP contribution is -2.47. The minimum Gasteiger partial charge on any atom is -0.356 e. The molecule has 0 radical (unpaired) electrons. The summed E-state index contributed by atoms with van der Waals surface area (Å²) in [7, 11) is 0. The summed E-state index contributed by atoms with van der Waals surface area (Å²) in [6, 6.07) is 6.93. The second kappa shape index (κ2) is 11.6. The summed E-state index contributed by atoms with van der Waals surface area (Å²) in [6.45, 7) is 3.86. The number of amides is 5. The predicted octanol–water partition coefficient (Wildman–Crippen LogP) is 3.91. The molecule has 8 heteroatoms. The van der Waals surface area contributed by atoms with Crippen molar-refractivity contribution < 1.29 is 14.4 Å². The average Bonchev–Trinajstić information content (AvgIpc) is 3.28. The van der Waals surface area contributed by atoms with Gasteiger partial charge in [-0.2, -0.15) is 0 Å². The highest BCUT2D eigenvalue weighted by molar-refractivity contribution is 5.92. The van der Waals surface area contributed by atoms with Crippen molar-refractivity contribution >= 4 is 29.3 Å². The van der Waals surface area contributed by atoms with Crippen LogP contribution in [0.4, 0.5) is 21.0 Å². The van der Waals surface area contributed by atoms with Crippen LogP contribution in [0.15, 0.2) is 24.3 Å². The second-order valence-electron chi connectivity index (χ2n) is 8.52. The number of likely N-dealkylation sites (tertiary alicyclic amines) is 1. The standard InChI is InChI=1S/C23H35N5O3/c1-2-3-14-24-21(29)17-7-6-15-28(16-17)23(31)27-20-12-10-19(11-13-20)26-22(30)25-18-8-4-5-9-18/h10-13,17-18H,2-9,14-16H2,1H3,(H,24,29)(H,27,31)(H2,25,26,30)/t17-/m1/s1. The Bertz CT molecular complexity index is 746. The minimum atomic E-state index is -0.203. The monoisotopic (exact) mass is 429 g/mol. The first-order valence-corrected chi connectivity index (χ1v) is 11.6. The number of rotatable bonds is 7. The van der Waals surface area contributed by atoms with Crippen LogP contribution in [-0.2, 0) is 4.79 Å². The fraction of sp³-hybridized carbons (Fsp3) is 0.609. The van der Waals surface area contributed by atoms with E-state index in [4.69, 9.17) is 0 Å². The normalized spacial score (nSPS) is 19.0. The summed E-state index contributed by atoms with van der Waals surface area (Å²) in [6.07, 6.45) is 8.05. The van der Waals surface area contributed by atoms with E-state index in [1.165, 1.54) is 12.8 Å². The molecule has 2 aliphatic rings. The Labute approximate surface area is 184 Å². The minimum absolute atomic E-state index is 0.0391. The van der Waals surface area contributed by atoms with Crippen LogP contribution in [0.3, 0.4) is 0 Å². The number of benzene rings is 1. The molecule has 0 unspecified atom stereocenters. The molecule has 31 heavy (non-hydrogen) atoms. The zero-order valence-electron chi connectivity index (χ0n) is 18.4. The van der Waals surface area contributed by atoms with Gasteiger partial charge < -0.3 is 26.2 Å². The van der Waals surface area contributed by atoms with E-state index in [1.54, 1.807) is 29.2 Å². The molecule has 1 saturated carbocycles. The van der Waals surface area contributed by atoms with Crippen LogP contribution in [0.25, 0.3) is 0 Å². The van der Waals surface area contributed by atoms with E-state index < -0.39 is 0 Å². The molecule has 170 valence electrons. The van der Waals surface area contributed by atoms with Gasteiger partial charge in [0.1, 0.15) is 0 Å². The number of piperidine rings is 1. The number of anilines is 2. The molecular weight excluding hydrogens is 394 g/mol. The summed E-state index contributed by atoms with van der Waals surface area (Å²) in [5.41, 5.74) is 1.33. The van der Waals surface area contributed by atoms with Crippen LogP contribution in [0.2, 0.25) is 0 Å². The molecule has 4 N–H and O–H groups in total. The summed E-state index contributed by atoms with van der Waals surface area (Å²) in [5, 5.41) is 11.7. The van der Waals surface area contributed by atoms with Crippen molar-refractivity contribution in [3.8, 4) is 0 Å². The summed E-state index contributed by atoms with van der Waals surface area (Å²) in [5.74, 6) is -0.112. The molecule has 0 bridgehead atoms. The Morgan fingerprint density at radius 2 is 1.65 bits per heavy atom. The van der Waals surface area contributed by atoms with Crippen LogP contribution >= 0.6 is 0 Å². The Kier molecular flexibility index (Phi) is 8.55. The van der Waals surface area contributed by atoms with E-state index in [1.807, 2.05) is 0 Å². The van der Waals surface area contributed by atoms with Gasteiger partial charge in [-0.05, 0) is 56.4 Å². The molecular formula is C23H35N5O3. The molecule has 8 nitrogen and oxygen atoms in total. The predicted molar refractivity (Wildman–Crippen MR) is 122 cm³/mol. The highest BCUT2D eigenvalue weighted by Crippen LogP contribution is 2.20. The van der Waals surface area contributed by atoms with Gasteiger partial charge in [-0.3, -0.25) is 4.79 Å². The zero-order valence-corrected chi connectivity index (χ0v) is 18.4. The molecule has 0 aromatic heterocycles. The maximum Gasteiger partial charge on any atom is 0.321 e. The van der Waals surface area contributed by atoms with Crippen molar-refractivity contribution in [1.82, 2.24) is 15.5 Å². The second-order valence-corrected chi connectivity index (χ2v) is 8.52. The van der Waals surface area contributed by atoms with Crippen molar-refractivity contribution in [1.29, 1.82) is 0 Å². The number of nitrogens with one attached hydrogen (secondary N) is 4. The van der Waals surface area contributed by atoms with Crippen LogP contribution in [0, 0.1) is 5.92 Å². The first kappa shape index (κ1) is 22.9. The third kappa shape index (κ3) is 7.15. The number of hydrogen-bond acceptors (Lipinski definition) is 3. The lowest BCUT2D eigenvalue weighted by atomic mass is 9.97. The molecule has 5 amide bonds. The number of carbonyl (C=O) groups is 3. The van der Waals surface area contributed by atoms with Gasteiger partial charge in [-0.15, -0.1) is 0 Å². The van der Waals surface area contributed by atoms with Crippen molar-refractivity contribution in [2.75, 3.05) is 30.3 Å². The van der Waals surface area contributed by atoms with Gasteiger partial charge in [0.25, 0.3) is 0 Å². The maximum absolute atomic E-state index is 12.7. The van der Waals surface area contributed by atoms with Crippen LogP contribution in [-0.4, -0.2) is 48.5 Å². The Morgan fingerprint density at radius 1 is 0.968 bits per heavy atom. The fourth-order valence-electron chi connectivity index (χ4n) is 4.17. The maximum atomic E-state index is 12.7. The van der Waals surface area contributed by atoms with E-state index in [9.17, 15) is 14.4 Å². The molecule has 1 atom stereocenters. The Morgan fingerprint density at radius 3 is 2.32 bits per heavy atom. The van der Waals surface area contributed by atoms with Crippen molar-refractivity contribution in [2.45, 2.75) is 64.3 Å². The van der Waals surface area contributed by atoms with Gasteiger partial charge in [-0.25, -0.2) is 9.59 Å². The summed E-state index contributed by atoms with van der Waals surface area (Å²) in [4.78, 5) is 38.8. The van der Waals surface area contributed by atoms with Gasteiger partial charge in [0.2, 0.25) is 5.91 Å². The quantitative estimate of drug-likeness (QED) is 0.494. The Balaban J connectivity index is 1.45. The number of nitrogens with zero attached hydrogens (tertiary/aromatic N) is 1. The third-order valence-corrected chi connectivity index (χ3v) is 5.99. The fourth-order valence-corrected chi connectivity index (χ4v) is 4.17. The highest BCUT2D eigenvalue weighted by atomic mass is 16.2. The smallest absolute Gasteiger partial charge is 0.321 e. The van der Waals surface area contributed by atoms with Gasteiger partial charge in [0.15, 0.2) is 0 Å². The molecule has 1 aliphatic heterocycles. The number of urea groups is 2. The van der Waals surface area contributed by atoms with Crippen molar-refractivity contribution in [3.63, 3.8) is 0 Å². The van der Waals surface area contributed by atoms with Gasteiger partial charge >= 0.3 is 12.1 Å². The van der Waals surface area contributed by atoms with Gasteiger partial charge in [-0.1, -0.05) is 26.2 Å². The SMILES string of the molecule is CCCCNC(=O)[C@@H]1CCCN(C(=O)Nc2ccc(NC(=O)NC3CCCC3)cc2)C1. The lowest BCUT2D eigenvalue weighted by Gasteiger charge is -2.32. The summed E-state index contributed by atoms with van der Waals surface area (Å²) < 4.78 is 0. The van der Waals surface area contributed by atoms with Crippen LogP contribution in [0.1, 0.15) is 58.3 Å². The third-order valence-electron chi connectivity index (χ3n) is 5.99. The average molecular weight is 430 g/mol. The van der Waals surface area contributed by atoms with Crippen LogP contribution in [0.5, 0.6) is 0 Å². The highest BCUT2D eigenvalue weighted by Gasteiger charge is 2.28. The molecule has 2 fully saturated rings. The largest absolute Gasteiger partial charge is 0.356 e. The summed E-state index contributed by atoms with van der Waals surface area (Å²) >= 11 is 0.